The number of ether oxygens (including phenoxy) is 3. The number of hydrogen-bond acceptors (Lipinski definition) is 7. The second kappa shape index (κ2) is 9.14. The molecule has 0 bridgehead atoms. The molecule has 0 spiro atoms. The maximum absolute atomic E-state index is 13.2. The molecule has 184 valence electrons. The molecule has 2 aliphatic rings. The van der Waals surface area contributed by atoms with Gasteiger partial charge in [0.05, 0.1) is 30.5 Å². The Morgan fingerprint density at radius 2 is 1.64 bits per heavy atom. The van der Waals surface area contributed by atoms with Gasteiger partial charge in [-0.25, -0.2) is 17.9 Å². The topological polar surface area (TPSA) is 116 Å². The summed E-state index contributed by atoms with van der Waals surface area (Å²) in [7, 11) is -3.90. The molecule has 1 amide bonds. The average Bonchev–Trinajstić information content (AvgIpc) is 3.47. The van der Waals surface area contributed by atoms with Gasteiger partial charge in [-0.1, -0.05) is 54.6 Å². The Bertz CT molecular complexity index is 1550. The predicted octanol–water partition coefficient (Wildman–Crippen LogP) is 3.45. The SMILES string of the molecule is O=C(Nc1cccc2ccccc12)OC1COC2C(NS(=O)(=O)c3cccc4cccnc34)COC12. The van der Waals surface area contributed by atoms with E-state index in [1.54, 1.807) is 36.5 Å². The number of nitrogens with zero attached hydrogens (tertiary/aromatic N) is 1. The fraction of sp³-hybridized carbons (Fsp3) is 0.231. The molecule has 4 unspecified atom stereocenters. The Morgan fingerprint density at radius 3 is 2.56 bits per heavy atom. The molecule has 0 saturated carbocycles. The Morgan fingerprint density at radius 1 is 0.889 bits per heavy atom. The van der Waals surface area contributed by atoms with E-state index >= 15 is 0 Å². The lowest BCUT2D eigenvalue weighted by Crippen LogP contribution is -2.44. The van der Waals surface area contributed by atoms with Crippen LogP contribution in [-0.4, -0.2) is 57.1 Å². The van der Waals surface area contributed by atoms with Gasteiger partial charge in [0.2, 0.25) is 10.0 Å². The molecule has 4 atom stereocenters. The summed E-state index contributed by atoms with van der Waals surface area (Å²) in [5.41, 5.74) is 1.02. The number of nitrogens with one attached hydrogen (secondary N) is 2. The largest absolute Gasteiger partial charge is 0.441 e. The number of pyridine rings is 1. The smallest absolute Gasteiger partial charge is 0.412 e. The lowest BCUT2D eigenvalue weighted by atomic mass is 10.1. The van der Waals surface area contributed by atoms with E-state index in [9.17, 15) is 13.2 Å². The predicted molar refractivity (Wildman–Crippen MR) is 133 cm³/mol. The van der Waals surface area contributed by atoms with Crippen LogP contribution in [0.4, 0.5) is 10.5 Å². The summed E-state index contributed by atoms with van der Waals surface area (Å²) >= 11 is 0. The Balaban J connectivity index is 1.13. The number of carbonyl (C=O) groups excluding carboxylic acids is 1. The van der Waals surface area contributed by atoms with Gasteiger partial charge >= 0.3 is 6.09 Å². The van der Waals surface area contributed by atoms with Crippen LogP contribution in [0.5, 0.6) is 0 Å². The van der Waals surface area contributed by atoms with E-state index < -0.39 is 40.5 Å². The van der Waals surface area contributed by atoms with Crippen LogP contribution in [-0.2, 0) is 24.2 Å². The molecule has 10 heteroatoms. The van der Waals surface area contributed by atoms with Crippen LogP contribution in [0.1, 0.15) is 0 Å². The average molecular weight is 506 g/mol. The van der Waals surface area contributed by atoms with Gasteiger partial charge in [-0.05, 0) is 23.6 Å². The van der Waals surface area contributed by atoms with Crippen molar-refractivity contribution in [3.63, 3.8) is 0 Å². The van der Waals surface area contributed by atoms with Crippen LogP contribution in [0.2, 0.25) is 0 Å². The molecule has 2 saturated heterocycles. The highest BCUT2D eigenvalue weighted by Gasteiger charge is 2.50. The van der Waals surface area contributed by atoms with E-state index in [1.807, 2.05) is 36.4 Å². The summed E-state index contributed by atoms with van der Waals surface area (Å²) in [6.07, 6.45) is -0.907. The Hall–Kier alpha value is -3.57. The zero-order chi connectivity index (χ0) is 24.7. The standard InChI is InChI=1S/C26H23N3O6S/c30-26(28-19-11-3-7-16-6-1-2-10-18(16)19)35-21-15-34-24-20(14-33-25(21)24)29-36(31,32)22-12-4-8-17-9-5-13-27-23(17)22/h1-13,20-21,24-25,29H,14-15H2,(H,28,30). The van der Waals surface area contributed by atoms with E-state index in [4.69, 9.17) is 14.2 Å². The molecule has 4 aromatic rings. The second-order valence-corrected chi connectivity index (χ2v) is 10.4. The van der Waals surface area contributed by atoms with E-state index in [2.05, 4.69) is 15.0 Å². The molecule has 3 heterocycles. The molecular weight excluding hydrogens is 482 g/mol. The molecule has 36 heavy (non-hydrogen) atoms. The molecule has 9 nitrogen and oxygen atoms in total. The van der Waals surface area contributed by atoms with Crippen LogP contribution in [0, 0.1) is 0 Å². The lowest BCUT2D eigenvalue weighted by Gasteiger charge is -2.18. The molecule has 2 fully saturated rings. The maximum Gasteiger partial charge on any atom is 0.412 e. The van der Waals surface area contributed by atoms with Crippen molar-refractivity contribution in [2.24, 2.45) is 0 Å². The molecule has 0 aliphatic carbocycles. The fourth-order valence-corrected chi connectivity index (χ4v) is 6.24. The number of carbonyl (C=O) groups is 1. The number of benzene rings is 3. The van der Waals surface area contributed by atoms with Crippen LogP contribution < -0.4 is 10.0 Å². The number of amides is 1. The highest BCUT2D eigenvalue weighted by Crippen LogP contribution is 2.31. The fourth-order valence-electron chi connectivity index (χ4n) is 4.83. The number of rotatable bonds is 5. The molecule has 6 rings (SSSR count). The third-order valence-corrected chi connectivity index (χ3v) is 8.01. The minimum Gasteiger partial charge on any atom is -0.441 e. The van der Waals surface area contributed by atoms with Crippen LogP contribution in [0.15, 0.2) is 83.9 Å². The summed E-state index contributed by atoms with van der Waals surface area (Å²) in [4.78, 5) is 17.0. The Kier molecular flexibility index (Phi) is 5.81. The van der Waals surface area contributed by atoms with Crippen molar-refractivity contribution in [3.05, 3.63) is 79.0 Å². The number of aromatic nitrogens is 1. The van der Waals surface area contributed by atoms with Crippen LogP contribution in [0.3, 0.4) is 0 Å². The summed E-state index contributed by atoms with van der Waals surface area (Å²) in [6, 6.07) is 21.3. The Labute approximate surface area is 207 Å². The van der Waals surface area contributed by atoms with E-state index in [0.717, 1.165) is 16.2 Å². The van der Waals surface area contributed by atoms with E-state index in [1.165, 1.54) is 6.07 Å². The van der Waals surface area contributed by atoms with Gasteiger partial charge in [0, 0.05) is 17.0 Å². The molecule has 2 aliphatic heterocycles. The van der Waals surface area contributed by atoms with Gasteiger partial charge in [-0.3, -0.25) is 10.3 Å². The van der Waals surface area contributed by atoms with Crippen LogP contribution in [0.25, 0.3) is 21.7 Å². The molecule has 1 aromatic heterocycles. The lowest BCUT2D eigenvalue weighted by molar-refractivity contribution is 0.00884. The monoisotopic (exact) mass is 505 g/mol. The number of para-hydroxylation sites is 1. The first-order valence-electron chi connectivity index (χ1n) is 11.5. The zero-order valence-electron chi connectivity index (χ0n) is 19.0. The number of fused-ring (bicyclic) bond motifs is 3. The van der Waals surface area contributed by atoms with Crippen molar-refractivity contribution in [2.45, 2.75) is 29.2 Å². The number of hydrogen-bond donors (Lipinski definition) is 2. The summed E-state index contributed by atoms with van der Waals surface area (Å²) in [5.74, 6) is 0. The zero-order valence-corrected chi connectivity index (χ0v) is 19.9. The van der Waals surface area contributed by atoms with Gasteiger partial charge in [0.25, 0.3) is 0 Å². The van der Waals surface area contributed by atoms with Gasteiger partial charge in [-0.2, -0.15) is 0 Å². The first kappa shape index (κ1) is 22.9. The van der Waals surface area contributed by atoms with Crippen molar-refractivity contribution in [3.8, 4) is 0 Å². The minimum absolute atomic E-state index is 0.0873. The van der Waals surface area contributed by atoms with Crippen molar-refractivity contribution in [1.29, 1.82) is 0 Å². The van der Waals surface area contributed by atoms with Gasteiger partial charge in [0.1, 0.15) is 17.1 Å². The van der Waals surface area contributed by atoms with Gasteiger partial charge in [-0.15, -0.1) is 0 Å². The van der Waals surface area contributed by atoms with Crippen LogP contribution >= 0.6 is 0 Å². The maximum atomic E-state index is 13.2. The van der Waals surface area contributed by atoms with E-state index in [-0.39, 0.29) is 18.1 Å². The van der Waals surface area contributed by atoms with Crippen molar-refractivity contribution in [2.75, 3.05) is 18.5 Å². The second-order valence-electron chi connectivity index (χ2n) is 8.75. The van der Waals surface area contributed by atoms with E-state index in [0.29, 0.717) is 11.2 Å². The van der Waals surface area contributed by atoms with Gasteiger partial charge < -0.3 is 14.2 Å². The first-order chi connectivity index (χ1) is 17.5. The van der Waals surface area contributed by atoms with Crippen molar-refractivity contribution in [1.82, 2.24) is 9.71 Å². The minimum atomic E-state index is -3.90. The molecule has 3 aromatic carbocycles. The van der Waals surface area contributed by atoms with Gasteiger partial charge in [0.15, 0.2) is 6.10 Å². The molecular formula is C26H23N3O6S. The summed E-state index contributed by atoms with van der Waals surface area (Å²) in [5, 5.41) is 5.41. The normalized spacial score (nSPS) is 23.6. The summed E-state index contributed by atoms with van der Waals surface area (Å²) in [6.45, 7) is 0.198. The molecule has 2 N–H and O–H groups in total. The molecule has 0 radical (unpaired) electrons. The van der Waals surface area contributed by atoms with Crippen molar-refractivity contribution < 1.29 is 27.4 Å². The first-order valence-corrected chi connectivity index (χ1v) is 13.0. The number of anilines is 1. The summed E-state index contributed by atoms with van der Waals surface area (Å²) < 4.78 is 46.4. The third kappa shape index (κ3) is 4.18. The number of sulfonamides is 1. The van der Waals surface area contributed by atoms with Crippen molar-refractivity contribution >= 4 is 43.5 Å². The quantitative estimate of drug-likeness (QED) is 0.427. The highest BCUT2D eigenvalue weighted by atomic mass is 32.2. The highest BCUT2D eigenvalue weighted by molar-refractivity contribution is 7.89. The third-order valence-electron chi connectivity index (χ3n) is 6.48.